The number of fused-ring (bicyclic) bond motifs is 5. The maximum absolute atomic E-state index is 11.9. The van der Waals surface area contributed by atoms with Gasteiger partial charge in [-0.15, -0.1) is 0 Å². The van der Waals surface area contributed by atoms with E-state index in [0.29, 0.717) is 34.9 Å². The van der Waals surface area contributed by atoms with Crippen molar-refractivity contribution in [3.05, 3.63) is 10.4 Å². The molecule has 0 radical (unpaired) electrons. The number of hydrogen-bond donors (Lipinski definition) is 1. The zero-order valence-corrected chi connectivity index (χ0v) is 14.8. The van der Waals surface area contributed by atoms with Crippen LogP contribution >= 0.6 is 0 Å². The quantitative estimate of drug-likeness (QED) is 0.442. The molecular weight excluding hydrogens is 302 g/mol. The van der Waals surface area contributed by atoms with Gasteiger partial charge in [-0.3, -0.25) is 4.79 Å². The highest BCUT2D eigenvalue weighted by molar-refractivity contribution is 5.79. The molecule has 0 amide bonds. The maximum atomic E-state index is 11.9. The third kappa shape index (κ3) is 2.10. The Morgan fingerprint density at radius 2 is 1.96 bits per heavy atom. The van der Waals surface area contributed by atoms with E-state index in [9.17, 15) is 9.90 Å². The number of carbonyl (C=O) groups is 1. The van der Waals surface area contributed by atoms with Crippen LogP contribution in [0.25, 0.3) is 10.4 Å². The standard InChI is InChI=1S/C19H29N3O2/c1-18-7-5-12(23)9-11(18)3-4-13-14(18)6-8-19(2)15(13)10-16(17(19)24)21-22-20/h11,13-17,24H,3-10H2,1-2H3/t11?,13-,14-,15+,16?,17?,18+,19+/m1/s1. The summed E-state index contributed by atoms with van der Waals surface area (Å²) in [5.74, 6) is 2.75. The number of rotatable bonds is 1. The molecule has 5 heteroatoms. The second-order valence-corrected chi connectivity index (χ2v) is 9.40. The lowest BCUT2D eigenvalue weighted by molar-refractivity contribution is -0.142. The normalized spacial score (nSPS) is 53.5. The first-order valence-electron chi connectivity index (χ1n) is 9.64. The van der Waals surface area contributed by atoms with E-state index in [4.69, 9.17) is 5.53 Å². The molecule has 0 bridgehead atoms. The summed E-state index contributed by atoms with van der Waals surface area (Å²) in [6.45, 7) is 4.64. The SMILES string of the molecule is C[C@]12CCC(=O)CC1CC[C@@H]1[C@H]2CC[C@]2(C)C(O)C(N=[N+]=[N-])C[C@@H]12. The molecule has 0 saturated heterocycles. The number of aliphatic hydroxyl groups is 1. The molecule has 0 aliphatic heterocycles. The van der Waals surface area contributed by atoms with Gasteiger partial charge in [-0.2, -0.15) is 0 Å². The fraction of sp³-hybridized carbons (Fsp3) is 0.947. The number of aliphatic hydroxyl groups excluding tert-OH is 1. The molecule has 0 aromatic rings. The van der Waals surface area contributed by atoms with Gasteiger partial charge in [0.15, 0.2) is 0 Å². The predicted molar refractivity (Wildman–Crippen MR) is 91.1 cm³/mol. The van der Waals surface area contributed by atoms with Gasteiger partial charge in [-0.25, -0.2) is 0 Å². The van der Waals surface area contributed by atoms with E-state index in [2.05, 4.69) is 23.9 Å². The third-order valence-electron chi connectivity index (χ3n) is 8.65. The van der Waals surface area contributed by atoms with E-state index >= 15 is 0 Å². The molecule has 4 aliphatic rings. The molecule has 24 heavy (non-hydrogen) atoms. The number of ketones is 1. The van der Waals surface area contributed by atoms with Crippen LogP contribution in [0.2, 0.25) is 0 Å². The summed E-state index contributed by atoms with van der Waals surface area (Å²) < 4.78 is 0. The molecule has 4 rings (SSSR count). The van der Waals surface area contributed by atoms with Gasteiger partial charge < -0.3 is 5.11 Å². The van der Waals surface area contributed by atoms with Gasteiger partial charge in [0.05, 0.1) is 12.1 Å². The second kappa shape index (κ2) is 5.47. The molecule has 0 aromatic heterocycles. The Bertz CT molecular complexity index is 601. The Morgan fingerprint density at radius 3 is 2.71 bits per heavy atom. The maximum Gasteiger partial charge on any atom is 0.133 e. The Labute approximate surface area is 143 Å². The largest absolute Gasteiger partial charge is 0.392 e. The lowest BCUT2D eigenvalue weighted by Crippen LogP contribution is -2.54. The highest BCUT2D eigenvalue weighted by atomic mass is 16.3. The van der Waals surface area contributed by atoms with Crippen molar-refractivity contribution in [2.45, 2.75) is 77.4 Å². The molecule has 4 fully saturated rings. The van der Waals surface area contributed by atoms with Crippen LogP contribution in [0.15, 0.2) is 5.11 Å². The molecule has 0 spiro atoms. The molecule has 8 atom stereocenters. The van der Waals surface area contributed by atoms with Crippen LogP contribution in [0.1, 0.15) is 65.2 Å². The fourth-order valence-electron chi connectivity index (χ4n) is 7.21. The lowest BCUT2D eigenvalue weighted by atomic mass is 9.45. The van der Waals surface area contributed by atoms with Crippen LogP contribution < -0.4 is 0 Å². The smallest absolute Gasteiger partial charge is 0.133 e. The molecule has 5 nitrogen and oxygen atoms in total. The highest BCUT2D eigenvalue weighted by Gasteiger charge is 2.62. The average Bonchev–Trinajstić information content (AvgIpc) is 2.81. The molecule has 0 aromatic carbocycles. The third-order valence-corrected chi connectivity index (χ3v) is 8.65. The van der Waals surface area contributed by atoms with Crippen LogP contribution in [-0.4, -0.2) is 23.0 Å². The number of hydrogen-bond acceptors (Lipinski definition) is 3. The van der Waals surface area contributed by atoms with Gasteiger partial charge >= 0.3 is 0 Å². The average molecular weight is 331 g/mol. The van der Waals surface area contributed by atoms with Crippen LogP contribution in [0, 0.1) is 34.5 Å². The van der Waals surface area contributed by atoms with Gasteiger partial charge in [0.25, 0.3) is 0 Å². The first-order valence-corrected chi connectivity index (χ1v) is 9.64. The van der Waals surface area contributed by atoms with E-state index < -0.39 is 6.10 Å². The topological polar surface area (TPSA) is 86.1 Å². The number of Topliss-reactive ketones (excluding diaryl/α,β-unsaturated/α-hetero) is 1. The molecule has 4 saturated carbocycles. The minimum absolute atomic E-state index is 0.103. The van der Waals surface area contributed by atoms with Crippen molar-refractivity contribution in [2.75, 3.05) is 0 Å². The number of carbonyl (C=O) groups excluding carboxylic acids is 1. The van der Waals surface area contributed by atoms with Crippen molar-refractivity contribution < 1.29 is 9.90 Å². The first kappa shape index (κ1) is 16.4. The van der Waals surface area contributed by atoms with Crippen molar-refractivity contribution in [2.24, 2.45) is 39.6 Å². The zero-order chi connectivity index (χ0) is 17.1. The number of azide groups is 1. The van der Waals surface area contributed by atoms with E-state index in [1.54, 1.807) is 0 Å². The van der Waals surface area contributed by atoms with Crippen LogP contribution in [0.5, 0.6) is 0 Å². The van der Waals surface area contributed by atoms with Crippen LogP contribution in [-0.2, 0) is 4.79 Å². The van der Waals surface area contributed by atoms with E-state index in [-0.39, 0.29) is 11.5 Å². The monoisotopic (exact) mass is 331 g/mol. The van der Waals surface area contributed by atoms with Gasteiger partial charge in [0, 0.05) is 17.8 Å². The minimum atomic E-state index is -0.502. The molecule has 3 unspecified atom stereocenters. The van der Waals surface area contributed by atoms with Crippen molar-refractivity contribution in [1.29, 1.82) is 0 Å². The summed E-state index contributed by atoms with van der Waals surface area (Å²) in [5, 5.41) is 14.7. The highest BCUT2D eigenvalue weighted by Crippen LogP contribution is 2.66. The Balaban J connectivity index is 1.64. The van der Waals surface area contributed by atoms with Crippen LogP contribution in [0.3, 0.4) is 0 Å². The van der Waals surface area contributed by atoms with Crippen molar-refractivity contribution >= 4 is 5.78 Å². The Hall–Kier alpha value is -1.06. The fourth-order valence-corrected chi connectivity index (χ4v) is 7.21. The number of nitrogens with zero attached hydrogens (tertiary/aromatic N) is 3. The summed E-state index contributed by atoms with van der Waals surface area (Å²) >= 11 is 0. The Morgan fingerprint density at radius 1 is 1.17 bits per heavy atom. The summed E-state index contributed by atoms with van der Waals surface area (Å²) in [6.07, 6.45) is 7.41. The van der Waals surface area contributed by atoms with Gasteiger partial charge in [0.1, 0.15) is 5.78 Å². The van der Waals surface area contributed by atoms with Gasteiger partial charge in [0.2, 0.25) is 0 Å². The van der Waals surface area contributed by atoms with Crippen molar-refractivity contribution in [1.82, 2.24) is 0 Å². The Kier molecular flexibility index (Phi) is 3.74. The summed E-state index contributed by atoms with van der Waals surface area (Å²) in [6, 6.07) is -0.262. The summed E-state index contributed by atoms with van der Waals surface area (Å²) in [4.78, 5) is 14.9. The van der Waals surface area contributed by atoms with Crippen molar-refractivity contribution in [3.63, 3.8) is 0 Å². The summed E-state index contributed by atoms with van der Waals surface area (Å²) in [5.41, 5.74) is 9.02. The lowest BCUT2D eigenvalue weighted by Gasteiger charge is -2.59. The molecule has 132 valence electrons. The molecule has 4 aliphatic carbocycles. The summed E-state index contributed by atoms with van der Waals surface area (Å²) in [7, 11) is 0. The zero-order valence-electron chi connectivity index (χ0n) is 14.8. The molecule has 1 N–H and O–H groups in total. The van der Waals surface area contributed by atoms with Gasteiger partial charge in [-0.1, -0.05) is 19.0 Å². The molecular formula is C19H29N3O2. The van der Waals surface area contributed by atoms with E-state index in [1.165, 1.54) is 6.42 Å². The minimum Gasteiger partial charge on any atom is -0.392 e. The first-order chi connectivity index (χ1) is 11.4. The second-order valence-electron chi connectivity index (χ2n) is 9.40. The van der Waals surface area contributed by atoms with Gasteiger partial charge in [-0.05, 0) is 78.6 Å². The van der Waals surface area contributed by atoms with E-state index in [0.717, 1.165) is 44.9 Å². The van der Waals surface area contributed by atoms with Crippen molar-refractivity contribution in [3.8, 4) is 0 Å². The van der Waals surface area contributed by atoms with E-state index in [1.807, 2.05) is 0 Å². The molecule has 0 heterocycles. The van der Waals surface area contributed by atoms with Crippen LogP contribution in [0.4, 0.5) is 0 Å². The predicted octanol–water partition coefficient (Wildman–Crippen LogP) is 4.25.